The van der Waals surface area contributed by atoms with Crippen LogP contribution in [0.1, 0.15) is 6.92 Å². The lowest BCUT2D eigenvalue weighted by Crippen LogP contribution is -2.28. The smallest absolute Gasteiger partial charge is 0.310 e. The van der Waals surface area contributed by atoms with Gasteiger partial charge in [0, 0.05) is 12.1 Å². The summed E-state index contributed by atoms with van der Waals surface area (Å²) in [5.74, 6) is 0.618. The van der Waals surface area contributed by atoms with Crippen LogP contribution in [0, 0.1) is 0 Å². The molecule has 4 rings (SSSR count). The fourth-order valence-corrected chi connectivity index (χ4v) is 2.87. The first-order valence-corrected chi connectivity index (χ1v) is 7.72. The Hall–Kier alpha value is -3.55. The predicted octanol–water partition coefficient (Wildman–Crippen LogP) is 0.960. The predicted molar refractivity (Wildman–Crippen MR) is 92.8 cm³/mol. The Morgan fingerprint density at radius 1 is 1.00 bits per heavy atom. The fraction of sp³-hybridized carbons (Fsp3) is 0.118. The van der Waals surface area contributed by atoms with Crippen LogP contribution in [0.25, 0.3) is 33.8 Å². The molecule has 2 aliphatic heterocycles. The summed E-state index contributed by atoms with van der Waals surface area (Å²) in [4.78, 5) is 49.5. The molecule has 2 aliphatic rings. The van der Waals surface area contributed by atoms with Gasteiger partial charge in [-0.05, 0) is 13.0 Å². The molecule has 0 saturated heterocycles. The number of aromatic nitrogens is 5. The summed E-state index contributed by atoms with van der Waals surface area (Å²) in [5, 5.41) is 0.264. The van der Waals surface area contributed by atoms with Crippen molar-refractivity contribution < 1.29 is 0 Å². The van der Waals surface area contributed by atoms with E-state index in [1.807, 2.05) is 37.3 Å². The molecule has 0 radical (unpaired) electrons. The molecule has 3 heterocycles. The number of aryl methyl sites for hydroxylation is 1. The van der Waals surface area contributed by atoms with Gasteiger partial charge in [-0.25, -0.2) is 9.78 Å². The second kappa shape index (κ2) is 5.52. The zero-order valence-corrected chi connectivity index (χ0v) is 13.2. The molecule has 0 unspecified atom stereocenters. The molecule has 8 nitrogen and oxygen atoms in total. The normalized spacial score (nSPS) is 11.2. The Kier molecular flexibility index (Phi) is 3.31. The summed E-state index contributed by atoms with van der Waals surface area (Å²) in [5.41, 5.74) is -0.368. The van der Waals surface area contributed by atoms with Crippen LogP contribution in [-0.2, 0) is 6.54 Å². The lowest BCUT2D eigenvalue weighted by molar-refractivity contribution is 0.757. The molecule has 2 N–H and O–H groups in total. The molecule has 1 aromatic heterocycles. The zero-order chi connectivity index (χ0) is 17.6. The maximum atomic E-state index is 12.6. The summed E-state index contributed by atoms with van der Waals surface area (Å²) >= 11 is 0. The number of benzene rings is 1. The fourth-order valence-electron chi connectivity index (χ4n) is 2.87. The van der Waals surface area contributed by atoms with Gasteiger partial charge in [0.05, 0.1) is 10.9 Å². The van der Waals surface area contributed by atoms with Gasteiger partial charge in [-0.3, -0.25) is 14.6 Å². The lowest BCUT2D eigenvalue weighted by atomic mass is 10.1. The van der Waals surface area contributed by atoms with Crippen LogP contribution in [0.15, 0.2) is 50.8 Å². The number of rotatable bonds is 2. The van der Waals surface area contributed by atoms with Gasteiger partial charge in [-0.15, -0.1) is 0 Å². The third-order valence-corrected chi connectivity index (χ3v) is 4.01. The Morgan fingerprint density at radius 3 is 2.48 bits per heavy atom. The molecular weight excluding hydrogens is 322 g/mol. The van der Waals surface area contributed by atoms with Crippen molar-refractivity contribution in [1.82, 2.24) is 24.5 Å². The number of fused-ring (bicyclic) bond motifs is 2. The average molecular weight is 335 g/mol. The second-order valence-electron chi connectivity index (χ2n) is 5.51. The number of nitrogens with zero attached hydrogens (tertiary/aromatic N) is 3. The number of hydrogen-bond donors (Lipinski definition) is 2. The average Bonchev–Trinajstić information content (AvgIpc) is 2.61. The monoisotopic (exact) mass is 335 g/mol. The van der Waals surface area contributed by atoms with Crippen molar-refractivity contribution in [3.05, 3.63) is 67.6 Å². The van der Waals surface area contributed by atoms with E-state index in [2.05, 4.69) is 19.9 Å². The van der Waals surface area contributed by atoms with Crippen LogP contribution in [0.2, 0.25) is 0 Å². The summed E-state index contributed by atoms with van der Waals surface area (Å²) < 4.78 is 1.60. The Labute approximate surface area is 140 Å². The Bertz CT molecular complexity index is 1240. The van der Waals surface area contributed by atoms with E-state index in [1.54, 1.807) is 4.57 Å². The van der Waals surface area contributed by atoms with E-state index in [0.29, 0.717) is 18.0 Å². The minimum absolute atomic E-state index is 0.175. The number of hydrogen-bond acceptors (Lipinski definition) is 5. The van der Waals surface area contributed by atoms with Crippen LogP contribution < -0.4 is 16.8 Å². The number of pyridine rings is 1. The van der Waals surface area contributed by atoms with Crippen molar-refractivity contribution in [2.45, 2.75) is 13.5 Å². The van der Waals surface area contributed by atoms with Crippen molar-refractivity contribution in [3.63, 3.8) is 0 Å². The van der Waals surface area contributed by atoms with Crippen molar-refractivity contribution >= 4 is 11.0 Å². The molecular formula is C17H13N5O3. The third-order valence-electron chi connectivity index (χ3n) is 4.01. The maximum absolute atomic E-state index is 12.6. The molecule has 0 spiro atoms. The number of aromatic amines is 2. The van der Waals surface area contributed by atoms with Gasteiger partial charge >= 0.3 is 5.69 Å². The molecule has 0 amide bonds. The van der Waals surface area contributed by atoms with Crippen LogP contribution in [0.3, 0.4) is 0 Å². The topological polar surface area (TPSA) is 113 Å². The van der Waals surface area contributed by atoms with Crippen molar-refractivity contribution in [1.29, 1.82) is 0 Å². The zero-order valence-electron chi connectivity index (χ0n) is 13.2. The van der Waals surface area contributed by atoms with E-state index < -0.39 is 11.2 Å². The number of nitrogens with one attached hydrogen (secondary N) is 2. The summed E-state index contributed by atoms with van der Waals surface area (Å²) in [6.07, 6.45) is 0. The van der Waals surface area contributed by atoms with Crippen molar-refractivity contribution in [3.8, 4) is 22.8 Å². The first-order valence-electron chi connectivity index (χ1n) is 7.72. The Balaban J connectivity index is 2.18. The van der Waals surface area contributed by atoms with Crippen molar-refractivity contribution in [2.24, 2.45) is 0 Å². The van der Waals surface area contributed by atoms with Crippen LogP contribution in [0.4, 0.5) is 0 Å². The molecule has 0 fully saturated rings. The summed E-state index contributed by atoms with van der Waals surface area (Å²) in [6, 6.07) is 10.6. The van der Waals surface area contributed by atoms with Gasteiger partial charge in [-0.1, -0.05) is 30.3 Å². The third kappa shape index (κ3) is 2.35. The van der Waals surface area contributed by atoms with E-state index in [1.165, 1.54) is 6.07 Å². The van der Waals surface area contributed by atoms with E-state index >= 15 is 0 Å². The van der Waals surface area contributed by atoms with Gasteiger partial charge in [0.15, 0.2) is 5.82 Å². The van der Waals surface area contributed by atoms with E-state index in [-0.39, 0.29) is 22.3 Å². The van der Waals surface area contributed by atoms with Gasteiger partial charge in [-0.2, -0.15) is 4.98 Å². The largest absolute Gasteiger partial charge is 0.349 e. The SMILES string of the molecule is CCn1c2nc(=O)[nH]c(=O)c-2cc2c(=O)[nH]c(-c3ccccc3)nc21. The molecule has 124 valence electrons. The van der Waals surface area contributed by atoms with Gasteiger partial charge in [0.1, 0.15) is 11.5 Å². The molecule has 0 aliphatic carbocycles. The van der Waals surface area contributed by atoms with Crippen LogP contribution in [0.5, 0.6) is 0 Å². The minimum Gasteiger partial charge on any atom is -0.310 e. The van der Waals surface area contributed by atoms with Crippen LogP contribution >= 0.6 is 0 Å². The molecule has 0 atom stereocenters. The lowest BCUT2D eigenvalue weighted by Gasteiger charge is -2.15. The summed E-state index contributed by atoms with van der Waals surface area (Å²) in [7, 11) is 0. The number of H-pyrrole nitrogens is 2. The Morgan fingerprint density at radius 2 is 1.76 bits per heavy atom. The molecule has 2 aromatic rings. The molecule has 0 saturated carbocycles. The highest BCUT2D eigenvalue weighted by molar-refractivity contribution is 5.83. The van der Waals surface area contributed by atoms with E-state index in [4.69, 9.17) is 0 Å². The van der Waals surface area contributed by atoms with Crippen LogP contribution in [-0.4, -0.2) is 24.5 Å². The van der Waals surface area contributed by atoms with Gasteiger partial charge in [0.25, 0.3) is 11.1 Å². The van der Waals surface area contributed by atoms with Crippen molar-refractivity contribution in [2.75, 3.05) is 0 Å². The van der Waals surface area contributed by atoms with Gasteiger partial charge < -0.3 is 9.55 Å². The molecule has 1 aromatic carbocycles. The second-order valence-corrected chi connectivity index (χ2v) is 5.51. The molecule has 0 bridgehead atoms. The highest BCUT2D eigenvalue weighted by Gasteiger charge is 2.19. The summed E-state index contributed by atoms with van der Waals surface area (Å²) in [6.45, 7) is 2.23. The first kappa shape index (κ1) is 15.0. The highest BCUT2D eigenvalue weighted by atomic mass is 16.2. The molecule has 25 heavy (non-hydrogen) atoms. The first-order chi connectivity index (χ1) is 12.1. The highest BCUT2D eigenvalue weighted by Crippen LogP contribution is 2.22. The standard InChI is InChI=1S/C17H13N5O3/c1-2-22-13-10(8-11-14(22)20-17(25)21-16(11)24)15(23)19-12(18-13)9-6-4-3-5-7-9/h3-8H,2H2,1H3,(H,18,19,23)(H,21,24,25). The van der Waals surface area contributed by atoms with E-state index in [0.717, 1.165) is 5.56 Å². The minimum atomic E-state index is -0.729. The quantitative estimate of drug-likeness (QED) is 0.530. The van der Waals surface area contributed by atoms with Gasteiger partial charge in [0.2, 0.25) is 0 Å². The molecule has 8 heteroatoms. The maximum Gasteiger partial charge on any atom is 0.349 e. The van der Waals surface area contributed by atoms with E-state index in [9.17, 15) is 14.4 Å².